The number of rotatable bonds is 4. The minimum atomic E-state index is -0.366. The number of hydrogen-bond acceptors (Lipinski definition) is 6. The van der Waals surface area contributed by atoms with Crippen molar-refractivity contribution in [3.63, 3.8) is 0 Å². The molecule has 0 aromatic carbocycles. The third kappa shape index (κ3) is 4.12. The lowest BCUT2D eigenvalue weighted by atomic mass is 10.3. The second-order valence-electron chi connectivity index (χ2n) is 6.51. The SMILES string of the molecule is CN(C)CC#Cc1ccc(NC(=O)c2nc(-n3ccnc3)nc3cc[nH]c23)cn1. The molecule has 0 spiro atoms. The van der Waals surface area contributed by atoms with Gasteiger partial charge in [0.25, 0.3) is 5.91 Å². The van der Waals surface area contributed by atoms with E-state index in [1.807, 2.05) is 19.0 Å². The number of imidazole rings is 1. The topological polar surface area (TPSA) is 105 Å². The van der Waals surface area contributed by atoms with Crippen molar-refractivity contribution in [1.82, 2.24) is 34.4 Å². The van der Waals surface area contributed by atoms with Crippen molar-refractivity contribution in [2.45, 2.75) is 0 Å². The highest BCUT2D eigenvalue weighted by molar-refractivity contribution is 6.10. The lowest BCUT2D eigenvalue weighted by molar-refractivity contribution is 0.102. The predicted molar refractivity (Wildman–Crippen MR) is 109 cm³/mol. The van der Waals surface area contributed by atoms with Gasteiger partial charge in [-0.2, -0.15) is 0 Å². The molecular weight excluding hydrogens is 368 g/mol. The molecule has 0 bridgehead atoms. The molecule has 4 aromatic rings. The fourth-order valence-corrected chi connectivity index (χ4v) is 2.61. The van der Waals surface area contributed by atoms with E-state index < -0.39 is 0 Å². The van der Waals surface area contributed by atoms with Crippen molar-refractivity contribution in [3.05, 3.63) is 60.7 Å². The highest BCUT2D eigenvalue weighted by atomic mass is 16.1. The van der Waals surface area contributed by atoms with Gasteiger partial charge in [0.15, 0.2) is 5.69 Å². The monoisotopic (exact) mass is 386 g/mol. The number of hydrogen-bond donors (Lipinski definition) is 2. The standard InChI is InChI=1S/C20H18N8O/c1-27(2)10-3-4-14-5-6-15(12-23-14)24-19(29)18-17-16(7-8-22-17)25-20(26-18)28-11-9-21-13-28/h5-9,11-13,22H,10H2,1-2H3,(H,24,29). The van der Waals surface area contributed by atoms with Gasteiger partial charge in [-0.1, -0.05) is 5.92 Å². The van der Waals surface area contributed by atoms with Crippen LogP contribution in [0.3, 0.4) is 0 Å². The van der Waals surface area contributed by atoms with Crippen LogP contribution in [0.2, 0.25) is 0 Å². The molecule has 4 aromatic heterocycles. The van der Waals surface area contributed by atoms with E-state index in [9.17, 15) is 4.79 Å². The summed E-state index contributed by atoms with van der Waals surface area (Å²) in [5.74, 6) is 6.00. The van der Waals surface area contributed by atoms with Crippen molar-refractivity contribution >= 4 is 22.6 Å². The molecule has 0 aliphatic rings. The van der Waals surface area contributed by atoms with Gasteiger partial charge in [0.05, 0.1) is 29.5 Å². The zero-order chi connectivity index (χ0) is 20.2. The van der Waals surface area contributed by atoms with Gasteiger partial charge in [0.1, 0.15) is 12.0 Å². The van der Waals surface area contributed by atoms with Crippen LogP contribution >= 0.6 is 0 Å². The molecule has 0 unspecified atom stereocenters. The summed E-state index contributed by atoms with van der Waals surface area (Å²) in [5.41, 5.74) is 2.62. The third-order valence-corrected chi connectivity index (χ3v) is 3.98. The van der Waals surface area contributed by atoms with Crippen molar-refractivity contribution in [2.24, 2.45) is 0 Å². The zero-order valence-corrected chi connectivity index (χ0v) is 15.9. The highest BCUT2D eigenvalue weighted by Gasteiger charge is 2.17. The van der Waals surface area contributed by atoms with Gasteiger partial charge in [-0.05, 0) is 38.2 Å². The third-order valence-electron chi connectivity index (χ3n) is 3.98. The Hall–Kier alpha value is -4.03. The number of pyridine rings is 1. The molecule has 0 radical (unpaired) electrons. The first-order chi connectivity index (χ1) is 14.1. The van der Waals surface area contributed by atoms with E-state index in [0.29, 0.717) is 34.9 Å². The minimum absolute atomic E-state index is 0.235. The number of H-pyrrole nitrogens is 1. The molecule has 29 heavy (non-hydrogen) atoms. The number of carbonyl (C=O) groups excluding carboxylic acids is 1. The Bertz CT molecular complexity index is 1200. The summed E-state index contributed by atoms with van der Waals surface area (Å²) in [6.07, 6.45) is 8.21. The van der Waals surface area contributed by atoms with Gasteiger partial charge < -0.3 is 10.3 Å². The number of carbonyl (C=O) groups is 1. The molecule has 4 heterocycles. The second-order valence-corrected chi connectivity index (χ2v) is 6.51. The van der Waals surface area contributed by atoms with Crippen LogP contribution in [0.25, 0.3) is 17.0 Å². The number of fused-ring (bicyclic) bond motifs is 1. The molecule has 9 nitrogen and oxygen atoms in total. The number of amides is 1. The van der Waals surface area contributed by atoms with E-state index in [4.69, 9.17) is 0 Å². The Balaban J connectivity index is 1.57. The van der Waals surface area contributed by atoms with Crippen LogP contribution < -0.4 is 5.32 Å². The van der Waals surface area contributed by atoms with Crippen LogP contribution in [0.5, 0.6) is 0 Å². The highest BCUT2D eigenvalue weighted by Crippen LogP contribution is 2.17. The number of nitrogens with one attached hydrogen (secondary N) is 2. The van der Waals surface area contributed by atoms with E-state index in [1.54, 1.807) is 53.9 Å². The Kier molecular flexibility index (Phi) is 5.01. The maximum absolute atomic E-state index is 12.9. The van der Waals surface area contributed by atoms with Gasteiger partial charge in [-0.3, -0.25) is 14.3 Å². The van der Waals surface area contributed by atoms with Crippen molar-refractivity contribution in [3.8, 4) is 17.8 Å². The van der Waals surface area contributed by atoms with Crippen molar-refractivity contribution in [1.29, 1.82) is 0 Å². The summed E-state index contributed by atoms with van der Waals surface area (Å²) >= 11 is 0. The summed E-state index contributed by atoms with van der Waals surface area (Å²) in [6, 6.07) is 5.31. The Morgan fingerprint density at radius 3 is 2.90 bits per heavy atom. The average Bonchev–Trinajstić information content (AvgIpc) is 3.40. The number of nitrogens with zero attached hydrogens (tertiary/aromatic N) is 6. The Labute approximate surface area is 166 Å². The molecule has 0 aliphatic carbocycles. The molecule has 144 valence electrons. The first-order valence-electron chi connectivity index (χ1n) is 8.84. The number of aromatic nitrogens is 6. The number of aromatic amines is 1. The van der Waals surface area contributed by atoms with Crippen LogP contribution in [0.15, 0.2) is 49.3 Å². The molecule has 0 atom stereocenters. The van der Waals surface area contributed by atoms with E-state index in [2.05, 4.69) is 42.1 Å². The quantitative estimate of drug-likeness (QED) is 0.518. The molecule has 0 saturated heterocycles. The van der Waals surface area contributed by atoms with Gasteiger partial charge in [0, 0.05) is 18.6 Å². The molecule has 1 amide bonds. The molecular formula is C20H18N8O. The lowest BCUT2D eigenvalue weighted by Gasteiger charge is -2.08. The van der Waals surface area contributed by atoms with Gasteiger partial charge in [0.2, 0.25) is 5.95 Å². The maximum atomic E-state index is 12.9. The Morgan fingerprint density at radius 1 is 1.28 bits per heavy atom. The first-order valence-corrected chi connectivity index (χ1v) is 8.84. The fraction of sp³-hybridized carbons (Fsp3) is 0.150. The summed E-state index contributed by atoms with van der Waals surface area (Å²) < 4.78 is 1.64. The van der Waals surface area contributed by atoms with Crippen LogP contribution in [-0.4, -0.2) is 60.9 Å². The van der Waals surface area contributed by atoms with E-state index in [1.165, 1.54) is 0 Å². The zero-order valence-electron chi connectivity index (χ0n) is 15.9. The lowest BCUT2D eigenvalue weighted by Crippen LogP contribution is -2.16. The molecule has 4 rings (SSSR count). The smallest absolute Gasteiger partial charge is 0.276 e. The molecule has 0 saturated carbocycles. The summed E-state index contributed by atoms with van der Waals surface area (Å²) in [6.45, 7) is 0.652. The normalized spacial score (nSPS) is 10.7. The summed E-state index contributed by atoms with van der Waals surface area (Å²) in [4.78, 5) is 35.0. The van der Waals surface area contributed by atoms with Crippen LogP contribution in [0.4, 0.5) is 5.69 Å². The van der Waals surface area contributed by atoms with Crippen LogP contribution in [0, 0.1) is 11.8 Å². The molecule has 2 N–H and O–H groups in total. The van der Waals surface area contributed by atoms with Gasteiger partial charge in [-0.25, -0.2) is 19.9 Å². The van der Waals surface area contributed by atoms with E-state index in [0.717, 1.165) is 0 Å². The van der Waals surface area contributed by atoms with Gasteiger partial charge >= 0.3 is 0 Å². The minimum Gasteiger partial charge on any atom is -0.358 e. The first kappa shape index (κ1) is 18.3. The second kappa shape index (κ2) is 7.92. The van der Waals surface area contributed by atoms with Crippen LogP contribution in [0.1, 0.15) is 16.2 Å². The predicted octanol–water partition coefficient (Wildman–Crippen LogP) is 1.70. The van der Waals surface area contributed by atoms with Crippen LogP contribution in [-0.2, 0) is 0 Å². The van der Waals surface area contributed by atoms with E-state index in [-0.39, 0.29) is 11.6 Å². The molecule has 0 fully saturated rings. The average molecular weight is 386 g/mol. The van der Waals surface area contributed by atoms with E-state index >= 15 is 0 Å². The maximum Gasteiger partial charge on any atom is 0.276 e. The fourth-order valence-electron chi connectivity index (χ4n) is 2.61. The largest absolute Gasteiger partial charge is 0.358 e. The molecule has 0 aliphatic heterocycles. The van der Waals surface area contributed by atoms with Crippen molar-refractivity contribution < 1.29 is 4.79 Å². The Morgan fingerprint density at radius 2 is 2.17 bits per heavy atom. The van der Waals surface area contributed by atoms with Crippen molar-refractivity contribution in [2.75, 3.05) is 26.0 Å². The number of anilines is 1. The molecule has 9 heteroatoms. The van der Waals surface area contributed by atoms with Gasteiger partial charge in [-0.15, -0.1) is 0 Å². The summed E-state index contributed by atoms with van der Waals surface area (Å²) in [5, 5.41) is 2.82. The summed E-state index contributed by atoms with van der Waals surface area (Å²) in [7, 11) is 3.90.